The Hall–Kier alpha value is -3.12. The zero-order valence-electron chi connectivity index (χ0n) is 18.4. The Balaban J connectivity index is 1.51. The molecule has 0 aliphatic carbocycles. The van der Waals surface area contributed by atoms with Crippen molar-refractivity contribution in [2.75, 3.05) is 19.8 Å². The van der Waals surface area contributed by atoms with Gasteiger partial charge in [-0.2, -0.15) is 5.10 Å². The number of ether oxygens (including phenoxy) is 2. The van der Waals surface area contributed by atoms with Gasteiger partial charge in [-0.25, -0.2) is 0 Å². The van der Waals surface area contributed by atoms with Gasteiger partial charge < -0.3 is 14.4 Å². The number of amides is 1. The smallest absolute Gasteiger partial charge is 0.273 e. The SMILES string of the molecule is CCCCOc1ccc(C2c3c(-c4ccccc4)n[nH]c3C(=O)N2CC2CCCO2)cc1. The monoisotopic (exact) mass is 431 g/mol. The summed E-state index contributed by atoms with van der Waals surface area (Å²) in [5, 5.41) is 7.57. The van der Waals surface area contributed by atoms with Crippen molar-refractivity contribution in [3.8, 4) is 17.0 Å². The van der Waals surface area contributed by atoms with Crippen molar-refractivity contribution in [1.29, 1.82) is 0 Å². The van der Waals surface area contributed by atoms with Gasteiger partial charge in [-0.15, -0.1) is 0 Å². The van der Waals surface area contributed by atoms with Crippen LogP contribution in [0, 0.1) is 0 Å². The number of aromatic amines is 1. The molecule has 0 saturated carbocycles. The number of H-pyrrole nitrogens is 1. The third kappa shape index (κ3) is 3.91. The van der Waals surface area contributed by atoms with Gasteiger partial charge in [-0.3, -0.25) is 9.89 Å². The fourth-order valence-electron chi connectivity index (χ4n) is 4.64. The van der Waals surface area contributed by atoms with E-state index >= 15 is 0 Å². The lowest BCUT2D eigenvalue weighted by atomic mass is 9.96. The molecule has 1 saturated heterocycles. The first kappa shape index (κ1) is 20.8. The molecule has 3 aromatic rings. The van der Waals surface area contributed by atoms with E-state index in [2.05, 4.69) is 29.3 Å². The fourth-order valence-corrected chi connectivity index (χ4v) is 4.64. The minimum absolute atomic E-state index is 0.0153. The number of hydrogen-bond acceptors (Lipinski definition) is 4. The number of aromatic nitrogens is 2. The van der Waals surface area contributed by atoms with Crippen molar-refractivity contribution in [1.82, 2.24) is 15.1 Å². The number of benzene rings is 2. The number of carbonyl (C=O) groups excluding carboxylic acids is 1. The van der Waals surface area contributed by atoms with Crippen LogP contribution < -0.4 is 4.74 Å². The molecule has 1 amide bonds. The van der Waals surface area contributed by atoms with Crippen LogP contribution in [0.15, 0.2) is 54.6 Å². The van der Waals surface area contributed by atoms with Gasteiger partial charge in [0.1, 0.15) is 11.4 Å². The topological polar surface area (TPSA) is 67.5 Å². The van der Waals surface area contributed by atoms with Crippen LogP contribution in [0.3, 0.4) is 0 Å². The standard InChI is InChI=1S/C26H29N3O3/c1-2-3-15-31-20-13-11-19(12-14-20)25-22-23(18-8-5-4-6-9-18)27-28-24(22)26(30)29(25)17-21-10-7-16-32-21/h4-6,8-9,11-14,21,25H,2-3,7,10,15-17H2,1H3,(H,27,28). The second-order valence-corrected chi connectivity index (χ2v) is 8.49. The number of hydrogen-bond donors (Lipinski definition) is 1. The van der Waals surface area contributed by atoms with E-state index in [-0.39, 0.29) is 18.1 Å². The van der Waals surface area contributed by atoms with Crippen molar-refractivity contribution in [2.45, 2.75) is 44.8 Å². The van der Waals surface area contributed by atoms with Gasteiger partial charge in [-0.1, -0.05) is 55.8 Å². The number of carbonyl (C=O) groups is 1. The lowest BCUT2D eigenvalue weighted by molar-refractivity contribution is 0.0495. The van der Waals surface area contributed by atoms with Crippen molar-refractivity contribution in [3.05, 3.63) is 71.4 Å². The Morgan fingerprint density at radius 2 is 1.97 bits per heavy atom. The first-order chi connectivity index (χ1) is 15.8. The van der Waals surface area contributed by atoms with Gasteiger partial charge in [0.15, 0.2) is 0 Å². The molecule has 0 spiro atoms. The van der Waals surface area contributed by atoms with Crippen molar-refractivity contribution < 1.29 is 14.3 Å². The van der Waals surface area contributed by atoms with Crippen LogP contribution in [0.4, 0.5) is 0 Å². The summed E-state index contributed by atoms with van der Waals surface area (Å²) in [6.45, 7) is 4.21. The van der Waals surface area contributed by atoms with Gasteiger partial charge in [0, 0.05) is 24.3 Å². The summed E-state index contributed by atoms with van der Waals surface area (Å²) >= 11 is 0. The summed E-state index contributed by atoms with van der Waals surface area (Å²) in [5.41, 5.74) is 4.41. The van der Waals surface area contributed by atoms with E-state index < -0.39 is 0 Å². The van der Waals surface area contributed by atoms with Crippen LogP contribution in [0.1, 0.15) is 60.3 Å². The molecule has 3 heterocycles. The summed E-state index contributed by atoms with van der Waals surface area (Å²) in [6, 6.07) is 18.0. The fraction of sp³-hybridized carbons (Fsp3) is 0.385. The summed E-state index contributed by atoms with van der Waals surface area (Å²) < 4.78 is 11.7. The van der Waals surface area contributed by atoms with Crippen LogP contribution in [0.2, 0.25) is 0 Å². The van der Waals surface area contributed by atoms with Crippen molar-refractivity contribution >= 4 is 5.91 Å². The molecule has 5 rings (SSSR count). The highest BCUT2D eigenvalue weighted by Crippen LogP contribution is 2.43. The van der Waals surface area contributed by atoms with E-state index in [9.17, 15) is 4.79 Å². The van der Waals surface area contributed by atoms with Crippen LogP contribution >= 0.6 is 0 Å². The Morgan fingerprint density at radius 3 is 2.69 bits per heavy atom. The molecule has 0 bridgehead atoms. The van der Waals surface area contributed by atoms with Crippen LogP contribution in [0.25, 0.3) is 11.3 Å². The molecular weight excluding hydrogens is 402 g/mol. The molecule has 1 N–H and O–H groups in total. The molecule has 2 aliphatic heterocycles. The van der Waals surface area contributed by atoms with Crippen molar-refractivity contribution in [3.63, 3.8) is 0 Å². The minimum atomic E-state index is -0.208. The van der Waals surface area contributed by atoms with Crippen molar-refractivity contribution in [2.24, 2.45) is 0 Å². The maximum atomic E-state index is 13.4. The quantitative estimate of drug-likeness (QED) is 0.511. The van der Waals surface area contributed by atoms with Gasteiger partial charge in [0.2, 0.25) is 0 Å². The largest absolute Gasteiger partial charge is 0.494 e. The Bertz CT molecular complexity index is 1060. The molecule has 6 heteroatoms. The molecule has 2 aliphatic rings. The molecule has 6 nitrogen and oxygen atoms in total. The van der Waals surface area contributed by atoms with Crippen LogP contribution in [-0.4, -0.2) is 46.9 Å². The molecule has 1 aromatic heterocycles. The molecule has 166 valence electrons. The zero-order chi connectivity index (χ0) is 21.9. The number of nitrogens with zero attached hydrogens (tertiary/aromatic N) is 2. The van der Waals surface area contributed by atoms with Crippen LogP contribution in [-0.2, 0) is 4.74 Å². The minimum Gasteiger partial charge on any atom is -0.494 e. The Morgan fingerprint density at radius 1 is 1.16 bits per heavy atom. The second kappa shape index (κ2) is 9.17. The Kier molecular flexibility index (Phi) is 5.95. The van der Waals surface area contributed by atoms with Crippen LogP contribution in [0.5, 0.6) is 5.75 Å². The third-order valence-electron chi connectivity index (χ3n) is 6.30. The molecule has 2 unspecified atom stereocenters. The van der Waals surface area contributed by atoms with Gasteiger partial charge in [0.25, 0.3) is 5.91 Å². The zero-order valence-corrected chi connectivity index (χ0v) is 18.4. The third-order valence-corrected chi connectivity index (χ3v) is 6.30. The molecule has 1 fully saturated rings. The predicted octanol–water partition coefficient (Wildman–Crippen LogP) is 4.98. The number of unbranched alkanes of at least 4 members (excludes halogenated alkanes) is 1. The van der Waals surface area contributed by atoms with E-state index in [1.54, 1.807) is 0 Å². The maximum absolute atomic E-state index is 13.4. The number of nitrogens with one attached hydrogen (secondary N) is 1. The molecule has 2 atom stereocenters. The first-order valence-electron chi connectivity index (χ1n) is 11.5. The first-order valence-corrected chi connectivity index (χ1v) is 11.5. The highest BCUT2D eigenvalue weighted by atomic mass is 16.5. The van der Waals surface area contributed by atoms with E-state index in [0.717, 1.165) is 60.4 Å². The van der Waals surface area contributed by atoms with Gasteiger partial charge in [0.05, 0.1) is 24.4 Å². The summed E-state index contributed by atoms with van der Waals surface area (Å²) in [7, 11) is 0. The summed E-state index contributed by atoms with van der Waals surface area (Å²) in [4.78, 5) is 15.4. The molecule has 32 heavy (non-hydrogen) atoms. The highest BCUT2D eigenvalue weighted by Gasteiger charge is 2.43. The predicted molar refractivity (Wildman–Crippen MR) is 123 cm³/mol. The Labute approximate surface area is 188 Å². The molecule has 0 radical (unpaired) electrons. The maximum Gasteiger partial charge on any atom is 0.273 e. The summed E-state index contributed by atoms with van der Waals surface area (Å²) in [6.07, 6.45) is 4.25. The average Bonchev–Trinajstić information content (AvgIpc) is 3.55. The van der Waals surface area contributed by atoms with E-state index in [1.165, 1.54) is 0 Å². The van der Waals surface area contributed by atoms with E-state index in [0.29, 0.717) is 18.8 Å². The molecular formula is C26H29N3O3. The van der Waals surface area contributed by atoms with E-state index in [4.69, 9.17) is 9.47 Å². The second-order valence-electron chi connectivity index (χ2n) is 8.49. The normalized spacial score (nSPS) is 20.0. The lowest BCUT2D eigenvalue weighted by Gasteiger charge is -2.28. The van der Waals surface area contributed by atoms with Gasteiger partial charge in [-0.05, 0) is 37.0 Å². The average molecular weight is 432 g/mol. The summed E-state index contributed by atoms with van der Waals surface area (Å²) in [5.74, 6) is 0.839. The highest BCUT2D eigenvalue weighted by molar-refractivity contribution is 6.00. The lowest BCUT2D eigenvalue weighted by Crippen LogP contribution is -2.36. The van der Waals surface area contributed by atoms with E-state index in [1.807, 2.05) is 47.4 Å². The van der Waals surface area contributed by atoms with Gasteiger partial charge >= 0.3 is 0 Å². The number of fused-ring (bicyclic) bond motifs is 1. The molecule has 2 aromatic carbocycles. The number of rotatable bonds is 8.